The third-order valence-corrected chi connectivity index (χ3v) is 7.45. The Bertz CT molecular complexity index is 1090. The van der Waals surface area contributed by atoms with Crippen molar-refractivity contribution in [1.82, 2.24) is 4.31 Å². The number of carbonyl (C=O) groups excluding carboxylic acids is 1. The Hall–Kier alpha value is -2.64. The highest BCUT2D eigenvalue weighted by molar-refractivity contribution is 8.00. The van der Waals surface area contributed by atoms with Crippen molar-refractivity contribution in [3.8, 4) is 0 Å². The van der Waals surface area contributed by atoms with Gasteiger partial charge in [-0.25, -0.2) is 8.42 Å². The van der Waals surface area contributed by atoms with E-state index >= 15 is 0 Å². The Morgan fingerprint density at radius 2 is 1.72 bits per heavy atom. The van der Waals surface area contributed by atoms with Gasteiger partial charge in [0.2, 0.25) is 15.9 Å². The number of hydrogen-bond donors (Lipinski definition) is 1. The molecule has 0 radical (unpaired) electrons. The smallest absolute Gasteiger partial charge is 0.325 e. The summed E-state index contributed by atoms with van der Waals surface area (Å²) in [5.41, 5.74) is -1.60. The molecule has 174 valence electrons. The average molecular weight is 492 g/mol. The van der Waals surface area contributed by atoms with Crippen LogP contribution in [0.25, 0.3) is 0 Å². The van der Waals surface area contributed by atoms with Gasteiger partial charge in [0.15, 0.2) is 0 Å². The molecule has 1 amide bonds. The normalized spacial score (nSPS) is 12.1. The van der Waals surface area contributed by atoms with Gasteiger partial charge in [0.05, 0.1) is 26.0 Å². The van der Waals surface area contributed by atoms with E-state index in [4.69, 9.17) is 0 Å². The van der Waals surface area contributed by atoms with E-state index in [-0.39, 0.29) is 15.5 Å². The van der Waals surface area contributed by atoms with Crippen molar-refractivity contribution in [2.45, 2.75) is 29.8 Å². The standard InChI is InChI=1S/C19H20F3N3O5S2/c1-3-24(4-2)32(29,30)15-8-6-14(7-9-15)23-18(26)12-31-17-10-5-13(19(20,21)22)11-16(17)25(27)28/h5-11H,3-4,12H2,1-2H3,(H,23,26). The first kappa shape index (κ1) is 25.6. The van der Waals surface area contributed by atoms with E-state index in [1.807, 2.05) is 0 Å². The van der Waals surface area contributed by atoms with Crippen molar-refractivity contribution < 1.29 is 31.3 Å². The van der Waals surface area contributed by atoms with E-state index in [1.165, 1.54) is 28.6 Å². The highest BCUT2D eigenvalue weighted by Crippen LogP contribution is 2.36. The van der Waals surface area contributed by atoms with Gasteiger partial charge in [-0.15, -0.1) is 11.8 Å². The van der Waals surface area contributed by atoms with E-state index < -0.39 is 38.3 Å². The minimum absolute atomic E-state index is 0.0638. The topological polar surface area (TPSA) is 110 Å². The molecule has 0 atom stereocenters. The van der Waals surface area contributed by atoms with E-state index in [0.29, 0.717) is 42.7 Å². The first-order valence-corrected chi connectivity index (χ1v) is 11.7. The van der Waals surface area contributed by atoms with Gasteiger partial charge < -0.3 is 5.32 Å². The van der Waals surface area contributed by atoms with Crippen LogP contribution in [0.15, 0.2) is 52.3 Å². The molecular formula is C19H20F3N3O5S2. The molecule has 0 bridgehead atoms. The van der Waals surface area contributed by atoms with Gasteiger partial charge in [-0.05, 0) is 36.4 Å². The van der Waals surface area contributed by atoms with Crippen molar-refractivity contribution in [2.75, 3.05) is 24.2 Å². The highest BCUT2D eigenvalue weighted by Gasteiger charge is 2.33. The number of sulfonamides is 1. The van der Waals surface area contributed by atoms with Crippen LogP contribution < -0.4 is 5.32 Å². The number of rotatable bonds is 9. The van der Waals surface area contributed by atoms with Crippen LogP contribution in [0.1, 0.15) is 19.4 Å². The minimum Gasteiger partial charge on any atom is -0.325 e. The number of anilines is 1. The summed E-state index contributed by atoms with van der Waals surface area (Å²) in [6, 6.07) is 7.58. The number of nitro benzene ring substituents is 1. The number of hydrogen-bond acceptors (Lipinski definition) is 6. The first-order valence-electron chi connectivity index (χ1n) is 9.28. The summed E-state index contributed by atoms with van der Waals surface area (Å²) < 4.78 is 64.5. The van der Waals surface area contributed by atoms with Gasteiger partial charge in [-0.1, -0.05) is 13.8 Å². The van der Waals surface area contributed by atoms with Crippen molar-refractivity contribution in [3.63, 3.8) is 0 Å². The maximum atomic E-state index is 12.8. The van der Waals surface area contributed by atoms with Crippen LogP contribution in [0.3, 0.4) is 0 Å². The molecule has 0 saturated heterocycles. The fourth-order valence-corrected chi connectivity index (χ4v) is 4.98. The SMILES string of the molecule is CCN(CC)S(=O)(=O)c1ccc(NC(=O)CSc2ccc(C(F)(F)F)cc2[N+](=O)[O-])cc1. The van der Waals surface area contributed by atoms with Crippen LogP contribution >= 0.6 is 11.8 Å². The summed E-state index contributed by atoms with van der Waals surface area (Å²) in [7, 11) is -3.65. The predicted molar refractivity (Wildman–Crippen MR) is 114 cm³/mol. The molecule has 32 heavy (non-hydrogen) atoms. The average Bonchev–Trinajstić information content (AvgIpc) is 2.72. The Labute approximate surface area is 187 Å². The van der Waals surface area contributed by atoms with Gasteiger partial charge in [-0.2, -0.15) is 17.5 Å². The molecule has 0 saturated carbocycles. The molecule has 13 heteroatoms. The maximum absolute atomic E-state index is 12.8. The predicted octanol–water partition coefficient (Wildman–Crippen LogP) is 4.37. The number of nitrogens with one attached hydrogen (secondary N) is 1. The lowest BCUT2D eigenvalue weighted by Gasteiger charge is -2.18. The molecule has 2 rings (SSSR count). The molecule has 8 nitrogen and oxygen atoms in total. The molecule has 0 unspecified atom stereocenters. The van der Waals surface area contributed by atoms with Gasteiger partial charge in [0.25, 0.3) is 5.69 Å². The quantitative estimate of drug-likeness (QED) is 0.317. The van der Waals surface area contributed by atoms with Crippen LogP contribution in [0.5, 0.6) is 0 Å². The lowest BCUT2D eigenvalue weighted by Crippen LogP contribution is -2.30. The molecule has 1 N–H and O–H groups in total. The number of amides is 1. The summed E-state index contributed by atoms with van der Waals surface area (Å²) in [5, 5.41) is 13.6. The highest BCUT2D eigenvalue weighted by atomic mass is 32.2. The molecule has 2 aromatic rings. The molecule has 0 spiro atoms. The molecule has 2 aromatic carbocycles. The second-order valence-corrected chi connectivity index (χ2v) is 9.34. The third-order valence-electron chi connectivity index (χ3n) is 4.32. The maximum Gasteiger partial charge on any atom is 0.416 e. The van der Waals surface area contributed by atoms with Crippen molar-refractivity contribution in [2.24, 2.45) is 0 Å². The van der Waals surface area contributed by atoms with Crippen LogP contribution in [0.4, 0.5) is 24.5 Å². The van der Waals surface area contributed by atoms with Gasteiger partial charge in [-0.3, -0.25) is 14.9 Å². The van der Waals surface area contributed by atoms with Crippen molar-refractivity contribution >= 4 is 39.1 Å². The number of halogens is 3. The van der Waals surface area contributed by atoms with E-state index in [2.05, 4.69) is 5.32 Å². The molecular weight excluding hydrogens is 471 g/mol. The fraction of sp³-hybridized carbons (Fsp3) is 0.316. The lowest BCUT2D eigenvalue weighted by atomic mass is 10.2. The Balaban J connectivity index is 2.07. The van der Waals surface area contributed by atoms with E-state index in [1.54, 1.807) is 13.8 Å². The summed E-state index contributed by atoms with van der Waals surface area (Å²) in [6.07, 6.45) is -4.73. The number of nitro groups is 1. The summed E-state index contributed by atoms with van der Waals surface area (Å²) in [6.45, 7) is 4.05. The zero-order valence-corrected chi connectivity index (χ0v) is 18.7. The number of thioether (sulfide) groups is 1. The first-order chi connectivity index (χ1) is 14.9. The monoisotopic (exact) mass is 491 g/mol. The number of carbonyl (C=O) groups is 1. The second-order valence-electron chi connectivity index (χ2n) is 6.39. The zero-order chi connectivity index (χ0) is 24.1. The van der Waals surface area contributed by atoms with Crippen molar-refractivity contribution in [1.29, 1.82) is 0 Å². The molecule has 0 heterocycles. The summed E-state index contributed by atoms with van der Waals surface area (Å²) >= 11 is 0.716. The van der Waals surface area contributed by atoms with Gasteiger partial charge in [0.1, 0.15) is 0 Å². The van der Waals surface area contributed by atoms with Crippen LogP contribution in [-0.2, 0) is 21.0 Å². The van der Waals surface area contributed by atoms with Gasteiger partial charge >= 0.3 is 6.18 Å². The molecule has 0 fully saturated rings. The number of alkyl halides is 3. The third kappa shape index (κ3) is 6.20. The van der Waals surface area contributed by atoms with Crippen molar-refractivity contribution in [3.05, 3.63) is 58.1 Å². The van der Waals surface area contributed by atoms with E-state index in [9.17, 15) is 36.5 Å². The minimum atomic E-state index is -4.73. The second kappa shape index (κ2) is 10.3. The Morgan fingerprint density at radius 1 is 1.12 bits per heavy atom. The van der Waals surface area contributed by atoms with Crippen LogP contribution in [0, 0.1) is 10.1 Å². The Kier molecular flexibility index (Phi) is 8.26. The van der Waals surface area contributed by atoms with Gasteiger partial charge in [0, 0.05) is 24.8 Å². The molecule has 0 aliphatic rings. The van der Waals surface area contributed by atoms with Crippen LogP contribution in [-0.4, -0.2) is 42.4 Å². The summed E-state index contributed by atoms with van der Waals surface area (Å²) in [5.74, 6) is -0.866. The van der Waals surface area contributed by atoms with E-state index in [0.717, 1.165) is 6.07 Å². The molecule has 0 aromatic heterocycles. The number of benzene rings is 2. The molecule has 0 aliphatic heterocycles. The molecule has 0 aliphatic carbocycles. The Morgan fingerprint density at radius 3 is 2.22 bits per heavy atom. The summed E-state index contributed by atoms with van der Waals surface area (Å²) in [4.78, 5) is 22.3. The van der Waals surface area contributed by atoms with Crippen LogP contribution in [0.2, 0.25) is 0 Å². The zero-order valence-electron chi connectivity index (χ0n) is 17.0. The largest absolute Gasteiger partial charge is 0.416 e. The number of nitrogens with zero attached hydrogens (tertiary/aromatic N) is 2. The fourth-order valence-electron chi connectivity index (χ4n) is 2.72. The lowest BCUT2D eigenvalue weighted by molar-refractivity contribution is -0.388.